The topological polar surface area (TPSA) is 67.8 Å². The van der Waals surface area contributed by atoms with E-state index in [2.05, 4.69) is 0 Å². The summed E-state index contributed by atoms with van der Waals surface area (Å²) in [5.41, 5.74) is 2.21. The highest BCUT2D eigenvalue weighted by atomic mass is 35.5. The van der Waals surface area contributed by atoms with Crippen molar-refractivity contribution >= 4 is 58.1 Å². The van der Waals surface area contributed by atoms with E-state index in [1.54, 1.807) is 58.0 Å². The predicted octanol–water partition coefficient (Wildman–Crippen LogP) is 6.32. The molecule has 0 aliphatic carbocycles. The number of carbonyl (C=O) groups excluding carboxylic acids is 1. The van der Waals surface area contributed by atoms with Crippen LogP contribution in [-0.4, -0.2) is 28.5 Å². The van der Waals surface area contributed by atoms with Gasteiger partial charge in [-0.2, -0.15) is 0 Å². The normalized spacial score (nSPS) is 15.3. The van der Waals surface area contributed by atoms with Crippen LogP contribution in [-0.2, 0) is 4.79 Å². The van der Waals surface area contributed by atoms with Gasteiger partial charge in [0.1, 0.15) is 11.5 Å². The molecule has 2 aromatic heterocycles. The van der Waals surface area contributed by atoms with Gasteiger partial charge in [-0.15, -0.1) is 0 Å². The highest BCUT2D eigenvalue weighted by Gasteiger charge is 2.34. The van der Waals surface area contributed by atoms with E-state index in [0.717, 1.165) is 5.56 Å². The van der Waals surface area contributed by atoms with Crippen LogP contribution in [0, 0.1) is 0 Å². The highest BCUT2D eigenvalue weighted by molar-refractivity contribution is 7.07. The van der Waals surface area contributed by atoms with Crippen LogP contribution >= 0.6 is 46.1 Å². The van der Waals surface area contributed by atoms with Crippen molar-refractivity contribution in [2.24, 2.45) is 4.99 Å². The van der Waals surface area contributed by atoms with Crippen LogP contribution in [0.25, 0.3) is 17.4 Å². The van der Waals surface area contributed by atoms with Crippen molar-refractivity contribution in [3.8, 4) is 11.3 Å². The Balaban J connectivity index is 1.65. The number of rotatable bonds is 6. The van der Waals surface area contributed by atoms with Crippen LogP contribution in [0.15, 0.2) is 80.1 Å². The number of allylic oxidation sites excluding steroid dienone is 1. The summed E-state index contributed by atoms with van der Waals surface area (Å²) >= 11 is 19.9. The van der Waals surface area contributed by atoms with Gasteiger partial charge < -0.3 is 9.32 Å². The number of aromatic nitrogens is 1. The summed E-state index contributed by atoms with van der Waals surface area (Å²) in [6.07, 6.45) is 1.68. The van der Waals surface area contributed by atoms with Gasteiger partial charge in [-0.3, -0.25) is 14.2 Å². The Bertz CT molecular complexity index is 1780. The molecule has 0 unspecified atom stereocenters. The molecular formula is C29H24Cl3N3O3S. The number of nitrogens with zero attached hydrogens (tertiary/aromatic N) is 3. The lowest BCUT2D eigenvalue weighted by Gasteiger charge is -2.29. The molecule has 0 saturated heterocycles. The summed E-state index contributed by atoms with van der Waals surface area (Å²) in [6, 6.07) is 15.2. The second-order valence-corrected chi connectivity index (χ2v) is 11.2. The zero-order valence-corrected chi connectivity index (χ0v) is 24.5. The number of hydrogen-bond donors (Lipinski definition) is 0. The predicted molar refractivity (Wildman–Crippen MR) is 157 cm³/mol. The molecule has 200 valence electrons. The first kappa shape index (κ1) is 27.5. The molecule has 10 heteroatoms. The summed E-state index contributed by atoms with van der Waals surface area (Å²) in [5, 5.41) is 1.61. The molecule has 0 saturated carbocycles. The van der Waals surface area contributed by atoms with Crippen LogP contribution in [0.2, 0.25) is 15.1 Å². The third kappa shape index (κ3) is 5.24. The van der Waals surface area contributed by atoms with Crippen LogP contribution < -0.4 is 14.9 Å². The number of halogens is 3. The van der Waals surface area contributed by atoms with Crippen LogP contribution in [0.5, 0.6) is 0 Å². The molecule has 39 heavy (non-hydrogen) atoms. The highest BCUT2D eigenvalue weighted by Crippen LogP contribution is 2.33. The smallest absolute Gasteiger partial charge is 0.271 e. The van der Waals surface area contributed by atoms with Crippen LogP contribution in [0.1, 0.15) is 38.1 Å². The number of carbonyl (C=O) groups is 1. The Morgan fingerprint density at radius 1 is 1.05 bits per heavy atom. The fraction of sp³-hybridized carbons (Fsp3) is 0.207. The van der Waals surface area contributed by atoms with Gasteiger partial charge in [0.25, 0.3) is 11.5 Å². The fourth-order valence-electron chi connectivity index (χ4n) is 4.63. The van der Waals surface area contributed by atoms with E-state index in [0.29, 0.717) is 65.8 Å². The molecule has 0 N–H and O–H groups in total. The lowest BCUT2D eigenvalue weighted by Crippen LogP contribution is -2.43. The zero-order chi connectivity index (χ0) is 27.8. The largest absolute Gasteiger partial charge is 0.457 e. The lowest BCUT2D eigenvalue weighted by atomic mass is 9.94. The standard InChI is InChI=1S/C29H24Cl3N3O3S/c1-4-34(5-2)28(37)25-16(3)33-29-35(26(25)17-6-8-18(30)9-7-17)27(36)24(39-29)15-20-11-13-23(38-20)21-14-19(31)10-12-22(21)32/h6-15,26H,4-5H2,1-3H3/b24-15+/t26-/m1/s1. The Morgan fingerprint density at radius 3 is 2.44 bits per heavy atom. The Labute approximate surface area is 244 Å². The van der Waals surface area contributed by atoms with Gasteiger partial charge in [-0.05, 0) is 68.8 Å². The number of likely N-dealkylation sites (N-methyl/N-ethyl adjacent to an activating group) is 1. The molecule has 3 heterocycles. The maximum Gasteiger partial charge on any atom is 0.271 e. The van der Waals surface area contributed by atoms with Gasteiger partial charge in [-0.25, -0.2) is 4.99 Å². The molecule has 0 bridgehead atoms. The van der Waals surface area contributed by atoms with E-state index in [1.807, 2.05) is 32.9 Å². The van der Waals surface area contributed by atoms with Gasteiger partial charge >= 0.3 is 0 Å². The third-order valence-corrected chi connectivity index (χ3v) is 8.38. The van der Waals surface area contributed by atoms with Crippen LogP contribution in [0.3, 0.4) is 0 Å². The molecule has 0 radical (unpaired) electrons. The third-order valence-electron chi connectivity index (χ3n) is 6.58. The molecule has 1 aliphatic rings. The molecule has 6 nitrogen and oxygen atoms in total. The maximum absolute atomic E-state index is 13.9. The van der Waals surface area contributed by atoms with E-state index in [4.69, 9.17) is 44.2 Å². The summed E-state index contributed by atoms with van der Waals surface area (Å²) in [4.78, 5) is 34.4. The minimum Gasteiger partial charge on any atom is -0.457 e. The first-order valence-electron chi connectivity index (χ1n) is 12.3. The molecule has 1 amide bonds. The molecule has 4 aromatic rings. The van der Waals surface area contributed by atoms with E-state index in [-0.39, 0.29) is 11.5 Å². The first-order chi connectivity index (χ1) is 18.7. The van der Waals surface area contributed by atoms with Crippen molar-refractivity contribution in [2.75, 3.05) is 13.1 Å². The number of amides is 1. The molecule has 1 atom stereocenters. The molecular weight excluding hydrogens is 577 g/mol. The van der Waals surface area contributed by atoms with E-state index in [9.17, 15) is 9.59 Å². The average Bonchev–Trinajstić information content (AvgIpc) is 3.50. The summed E-state index contributed by atoms with van der Waals surface area (Å²) in [6.45, 7) is 6.75. The summed E-state index contributed by atoms with van der Waals surface area (Å²) < 4.78 is 8.02. The van der Waals surface area contributed by atoms with Crippen molar-refractivity contribution in [1.29, 1.82) is 0 Å². The first-order valence-corrected chi connectivity index (χ1v) is 14.3. The fourth-order valence-corrected chi connectivity index (χ4v) is 6.16. The molecule has 5 rings (SSSR count). The number of thiazole rings is 1. The van der Waals surface area contributed by atoms with E-state index in [1.165, 1.54) is 11.3 Å². The summed E-state index contributed by atoms with van der Waals surface area (Å²) in [7, 11) is 0. The van der Waals surface area contributed by atoms with Gasteiger partial charge in [-0.1, -0.05) is 58.3 Å². The Kier molecular flexibility index (Phi) is 7.87. The second kappa shape index (κ2) is 11.2. The Morgan fingerprint density at radius 2 is 1.74 bits per heavy atom. The quantitative estimate of drug-likeness (QED) is 0.260. The monoisotopic (exact) mass is 599 g/mol. The second-order valence-electron chi connectivity index (χ2n) is 8.94. The van der Waals surface area contributed by atoms with Gasteiger partial charge in [0.2, 0.25) is 0 Å². The van der Waals surface area contributed by atoms with Gasteiger partial charge in [0.15, 0.2) is 4.80 Å². The van der Waals surface area contributed by atoms with Crippen LogP contribution in [0.4, 0.5) is 0 Å². The molecule has 0 spiro atoms. The minimum atomic E-state index is -0.647. The van der Waals surface area contributed by atoms with Crippen molar-refractivity contribution < 1.29 is 9.21 Å². The minimum absolute atomic E-state index is 0.149. The molecule has 1 aliphatic heterocycles. The zero-order valence-electron chi connectivity index (χ0n) is 21.4. The molecule has 2 aromatic carbocycles. The van der Waals surface area contributed by atoms with E-state index >= 15 is 0 Å². The van der Waals surface area contributed by atoms with Crippen molar-refractivity contribution in [3.63, 3.8) is 0 Å². The lowest BCUT2D eigenvalue weighted by molar-refractivity contribution is -0.127. The van der Waals surface area contributed by atoms with Gasteiger partial charge in [0, 0.05) is 34.8 Å². The van der Waals surface area contributed by atoms with Crippen molar-refractivity contribution in [1.82, 2.24) is 9.47 Å². The maximum atomic E-state index is 13.9. The number of benzene rings is 2. The van der Waals surface area contributed by atoms with Crippen molar-refractivity contribution in [3.05, 3.63) is 112 Å². The van der Waals surface area contributed by atoms with Gasteiger partial charge in [0.05, 0.1) is 26.9 Å². The average molecular weight is 601 g/mol. The number of hydrogen-bond acceptors (Lipinski definition) is 5. The SMILES string of the molecule is CCN(CC)C(=O)C1=C(C)N=c2s/c(=C/c3ccc(-c4cc(Cl)ccc4Cl)o3)c(=O)n2[C@@H]1c1ccc(Cl)cc1. The number of fused-ring (bicyclic) bond motifs is 1. The Hall–Kier alpha value is -3.10. The number of furan rings is 1. The summed E-state index contributed by atoms with van der Waals surface area (Å²) in [5.74, 6) is 0.859. The molecule has 0 fully saturated rings. The van der Waals surface area contributed by atoms with E-state index < -0.39 is 6.04 Å². The van der Waals surface area contributed by atoms with Crippen molar-refractivity contribution in [2.45, 2.75) is 26.8 Å².